The molecule has 0 saturated heterocycles. The second kappa shape index (κ2) is 16.2. The molecule has 0 N–H and O–H groups in total. The van der Waals surface area contributed by atoms with Gasteiger partial charge in [-0.25, -0.2) is 0 Å². The van der Waals surface area contributed by atoms with Gasteiger partial charge < -0.3 is 0 Å². The van der Waals surface area contributed by atoms with Crippen LogP contribution in [0.2, 0.25) is 0 Å². The third-order valence-corrected chi connectivity index (χ3v) is 5.74. The Bertz CT molecular complexity index is 627. The van der Waals surface area contributed by atoms with E-state index in [9.17, 15) is 0 Å². The third-order valence-electron chi connectivity index (χ3n) is 5.74. The van der Waals surface area contributed by atoms with Crippen LogP contribution in [0.1, 0.15) is 107 Å². The Balaban J connectivity index is 4.45. The molecule has 0 heterocycles. The highest BCUT2D eigenvalue weighted by Crippen LogP contribution is 2.28. The van der Waals surface area contributed by atoms with Crippen molar-refractivity contribution in [3.63, 3.8) is 0 Å². The van der Waals surface area contributed by atoms with Crippen molar-refractivity contribution < 1.29 is 0 Å². The molecule has 170 valence electrons. The summed E-state index contributed by atoms with van der Waals surface area (Å²) in [4.78, 5) is 0. The normalized spacial score (nSPS) is 15.6. The summed E-state index contributed by atoms with van der Waals surface area (Å²) in [5, 5.41) is 0. The van der Waals surface area contributed by atoms with E-state index >= 15 is 0 Å². The van der Waals surface area contributed by atoms with Gasteiger partial charge in [0.2, 0.25) is 0 Å². The fourth-order valence-electron chi connectivity index (χ4n) is 3.34. The molecule has 0 aromatic rings. The highest BCUT2D eigenvalue weighted by Gasteiger charge is 2.15. The molecule has 0 aromatic carbocycles. The van der Waals surface area contributed by atoms with Crippen LogP contribution in [-0.4, -0.2) is 0 Å². The molecule has 0 bridgehead atoms. The van der Waals surface area contributed by atoms with Gasteiger partial charge >= 0.3 is 0 Å². The first kappa shape index (κ1) is 28.4. The van der Waals surface area contributed by atoms with E-state index in [1.807, 2.05) is 0 Å². The van der Waals surface area contributed by atoms with Crippen LogP contribution in [0.15, 0.2) is 71.4 Å². The van der Waals surface area contributed by atoms with Crippen LogP contribution < -0.4 is 0 Å². The van der Waals surface area contributed by atoms with E-state index < -0.39 is 0 Å². The van der Waals surface area contributed by atoms with E-state index in [2.05, 4.69) is 105 Å². The molecular formula is C30H50. The van der Waals surface area contributed by atoms with Crippen molar-refractivity contribution >= 4 is 0 Å². The van der Waals surface area contributed by atoms with Crippen LogP contribution in [-0.2, 0) is 0 Å². The Morgan fingerprint density at radius 1 is 0.767 bits per heavy atom. The second-order valence-electron chi connectivity index (χ2n) is 9.90. The van der Waals surface area contributed by atoms with Gasteiger partial charge in [-0.05, 0) is 98.8 Å². The molecule has 0 amide bonds. The lowest BCUT2D eigenvalue weighted by Gasteiger charge is -2.21. The summed E-state index contributed by atoms with van der Waals surface area (Å²) in [5.74, 6) is 0.604. The SMILES string of the molecule is C=C[C@@](C)(/C=C/[C@@H](C)CC/C=C(\C)CCC=C(C)C)CC/C=C(\C)CCC=C(C)C. The molecule has 0 aliphatic rings. The number of rotatable bonds is 15. The number of hydrogen-bond acceptors (Lipinski definition) is 0. The van der Waals surface area contributed by atoms with E-state index in [0.717, 1.165) is 19.3 Å². The van der Waals surface area contributed by atoms with Crippen molar-refractivity contribution in [3.05, 3.63) is 71.4 Å². The van der Waals surface area contributed by atoms with Crippen LogP contribution >= 0.6 is 0 Å². The molecule has 0 radical (unpaired) electrons. The lowest BCUT2D eigenvalue weighted by atomic mass is 9.83. The molecule has 0 heteroatoms. The zero-order valence-corrected chi connectivity index (χ0v) is 21.5. The van der Waals surface area contributed by atoms with Gasteiger partial charge in [0.25, 0.3) is 0 Å². The van der Waals surface area contributed by atoms with Gasteiger partial charge in [-0.2, -0.15) is 0 Å². The largest absolute Gasteiger partial charge is 0.102 e. The van der Waals surface area contributed by atoms with Crippen LogP contribution in [0.3, 0.4) is 0 Å². The second-order valence-corrected chi connectivity index (χ2v) is 9.90. The van der Waals surface area contributed by atoms with Gasteiger partial charge in [0, 0.05) is 5.41 Å². The average Bonchev–Trinajstić information content (AvgIpc) is 2.66. The lowest BCUT2D eigenvalue weighted by molar-refractivity contribution is 0.499. The van der Waals surface area contributed by atoms with Gasteiger partial charge in [-0.15, -0.1) is 6.58 Å². The van der Waals surface area contributed by atoms with Crippen LogP contribution in [0, 0.1) is 11.3 Å². The van der Waals surface area contributed by atoms with Crippen molar-refractivity contribution in [2.45, 2.75) is 107 Å². The van der Waals surface area contributed by atoms with E-state index in [-0.39, 0.29) is 5.41 Å². The molecule has 0 saturated carbocycles. The maximum Gasteiger partial charge on any atom is 0.00330 e. The highest BCUT2D eigenvalue weighted by molar-refractivity contribution is 5.10. The first-order valence-corrected chi connectivity index (χ1v) is 12.0. The summed E-state index contributed by atoms with van der Waals surface area (Å²) in [6, 6.07) is 0. The van der Waals surface area contributed by atoms with Gasteiger partial charge in [0.15, 0.2) is 0 Å². The van der Waals surface area contributed by atoms with Gasteiger partial charge in [-0.1, -0.05) is 78.7 Å². The van der Waals surface area contributed by atoms with E-state index in [4.69, 9.17) is 0 Å². The standard InChI is InChI=1S/C30H50/c1-10-30(9,23-14-21-28(7)18-12-16-26(4)5)24-22-29(8)20-13-19-27(6)17-11-15-25(2)3/h10,15-16,19,21-22,24,29H,1,11-14,17-18,20,23H2,2-9H3/b24-22+,27-19+,28-21+/t29-,30+/m0/s1. The zero-order valence-electron chi connectivity index (χ0n) is 21.5. The quantitative estimate of drug-likeness (QED) is 0.235. The van der Waals surface area contributed by atoms with Crippen molar-refractivity contribution in [2.24, 2.45) is 11.3 Å². The number of allylic oxidation sites excluding steroid dienone is 11. The number of hydrogen-bond donors (Lipinski definition) is 0. The van der Waals surface area contributed by atoms with Gasteiger partial charge in [0.1, 0.15) is 0 Å². The van der Waals surface area contributed by atoms with Crippen molar-refractivity contribution in [1.29, 1.82) is 0 Å². The third kappa shape index (κ3) is 16.3. The zero-order chi connectivity index (χ0) is 23.0. The molecule has 0 nitrogen and oxygen atoms in total. The van der Waals surface area contributed by atoms with Crippen LogP contribution in [0.4, 0.5) is 0 Å². The fourth-order valence-corrected chi connectivity index (χ4v) is 3.34. The predicted molar refractivity (Wildman–Crippen MR) is 140 cm³/mol. The van der Waals surface area contributed by atoms with Crippen molar-refractivity contribution in [3.8, 4) is 0 Å². The summed E-state index contributed by atoms with van der Waals surface area (Å²) in [6.07, 6.45) is 25.7. The molecule has 0 unspecified atom stereocenters. The minimum absolute atomic E-state index is 0.0844. The first-order chi connectivity index (χ1) is 14.1. The van der Waals surface area contributed by atoms with E-state index in [1.54, 1.807) is 0 Å². The Labute approximate surface area is 189 Å². The average molecular weight is 411 g/mol. The highest BCUT2D eigenvalue weighted by atomic mass is 14.2. The summed E-state index contributed by atoms with van der Waals surface area (Å²) >= 11 is 0. The van der Waals surface area contributed by atoms with Crippen LogP contribution in [0.25, 0.3) is 0 Å². The minimum atomic E-state index is 0.0844. The Kier molecular flexibility index (Phi) is 15.3. The molecular weight excluding hydrogens is 360 g/mol. The monoisotopic (exact) mass is 410 g/mol. The summed E-state index contributed by atoms with van der Waals surface area (Å²) in [7, 11) is 0. The molecule has 30 heavy (non-hydrogen) atoms. The molecule has 0 rings (SSSR count). The minimum Gasteiger partial charge on any atom is -0.102 e. The Hall–Kier alpha value is -1.56. The predicted octanol–water partition coefficient (Wildman–Crippen LogP) is 10.3. The Morgan fingerprint density at radius 3 is 1.73 bits per heavy atom. The maximum absolute atomic E-state index is 4.11. The molecule has 0 spiro atoms. The molecule has 0 aliphatic carbocycles. The maximum atomic E-state index is 4.11. The lowest BCUT2D eigenvalue weighted by Crippen LogP contribution is -2.09. The van der Waals surface area contributed by atoms with Gasteiger partial charge in [-0.3, -0.25) is 0 Å². The molecule has 0 aromatic heterocycles. The van der Waals surface area contributed by atoms with Crippen molar-refractivity contribution in [2.75, 3.05) is 0 Å². The van der Waals surface area contributed by atoms with E-state index in [0.29, 0.717) is 5.92 Å². The van der Waals surface area contributed by atoms with E-state index in [1.165, 1.54) is 54.4 Å². The summed E-state index contributed by atoms with van der Waals surface area (Å²) < 4.78 is 0. The smallest absolute Gasteiger partial charge is 0.00330 e. The molecule has 0 aliphatic heterocycles. The Morgan fingerprint density at radius 2 is 1.27 bits per heavy atom. The topological polar surface area (TPSA) is 0 Å². The van der Waals surface area contributed by atoms with Gasteiger partial charge in [0.05, 0.1) is 0 Å². The molecule has 2 atom stereocenters. The van der Waals surface area contributed by atoms with Crippen LogP contribution in [0.5, 0.6) is 0 Å². The summed E-state index contributed by atoms with van der Waals surface area (Å²) in [5.41, 5.74) is 5.94. The summed E-state index contributed by atoms with van der Waals surface area (Å²) in [6.45, 7) is 22.0. The first-order valence-electron chi connectivity index (χ1n) is 12.0. The fraction of sp³-hybridized carbons (Fsp3) is 0.600. The van der Waals surface area contributed by atoms with Crippen molar-refractivity contribution in [1.82, 2.24) is 0 Å². The molecule has 0 fully saturated rings.